The van der Waals surface area contributed by atoms with E-state index in [9.17, 15) is 19.2 Å². The summed E-state index contributed by atoms with van der Waals surface area (Å²) in [6.07, 6.45) is -0.0514. The molecule has 0 aliphatic carbocycles. The molecular formula is C27H31KN4O11S2. The van der Waals surface area contributed by atoms with Crippen LogP contribution in [-0.4, -0.2) is 89.6 Å². The van der Waals surface area contributed by atoms with Crippen LogP contribution in [0.4, 0.5) is 0 Å². The molecule has 45 heavy (non-hydrogen) atoms. The summed E-state index contributed by atoms with van der Waals surface area (Å²) in [5.74, 6) is -1.71. The summed E-state index contributed by atoms with van der Waals surface area (Å²) in [6.45, 7) is 3.12. The summed E-state index contributed by atoms with van der Waals surface area (Å²) >= 11 is 2.36. The van der Waals surface area contributed by atoms with Crippen LogP contribution in [0.2, 0.25) is 0 Å². The molecule has 0 aliphatic rings. The number of thiazole rings is 2. The average Bonchev–Trinajstić information content (AvgIpc) is 3.62. The van der Waals surface area contributed by atoms with Gasteiger partial charge < -0.3 is 34.3 Å². The molecule has 0 radical (unpaired) electrons. The van der Waals surface area contributed by atoms with Crippen LogP contribution in [0.25, 0.3) is 20.7 Å². The standard InChI is InChI=1S/C14H16N2O5S.C13H14N2O5S.K.H2O/c1-7(14(18)21-4)5-8(17)13-16-11-10(22-13)6-9(19-2)12(15-11)20-3;1-6(13(17)18)4-7(16)12-15-10-9(21-12)5-8(19-2)11(14-10)20-3;;/h6-7H,5H2,1-4H3;5-6H,4H2,1-3H3,(H,17,18);;1H2/q;;+1;/p-1/t7-;6-;;/m00../s1. The molecule has 0 aliphatic heterocycles. The molecule has 0 aromatic carbocycles. The largest absolute Gasteiger partial charge is 1.00 e. The monoisotopic (exact) mass is 690 g/mol. The molecule has 0 fully saturated rings. The number of ether oxygens (including phenoxy) is 5. The van der Waals surface area contributed by atoms with Gasteiger partial charge >= 0.3 is 63.3 Å². The molecule has 0 amide bonds. The summed E-state index contributed by atoms with van der Waals surface area (Å²) in [5.41, 5.74) is 0.792. The van der Waals surface area contributed by atoms with Crippen LogP contribution < -0.4 is 70.3 Å². The number of esters is 1. The van der Waals surface area contributed by atoms with Gasteiger partial charge in [-0.15, -0.1) is 22.7 Å². The molecular weight excluding hydrogens is 660 g/mol. The van der Waals surface area contributed by atoms with Gasteiger partial charge in [-0.1, -0.05) is 13.8 Å². The van der Waals surface area contributed by atoms with E-state index in [1.807, 2.05) is 0 Å². The number of methoxy groups -OCH3 is 5. The number of aliphatic carboxylic acids is 1. The van der Waals surface area contributed by atoms with Crippen molar-refractivity contribution in [1.82, 2.24) is 19.9 Å². The van der Waals surface area contributed by atoms with Gasteiger partial charge in [0.25, 0.3) is 11.8 Å². The first kappa shape index (κ1) is 40.2. The second kappa shape index (κ2) is 18.3. The second-order valence-electron chi connectivity index (χ2n) is 9.00. The molecule has 0 unspecified atom stereocenters. The number of ketones is 2. The number of hydrogen-bond acceptors (Lipinski definition) is 16. The minimum absolute atomic E-state index is 0. The molecule has 4 heterocycles. The number of aromatic nitrogens is 4. The number of fused-ring (bicyclic) bond motifs is 2. The van der Waals surface area contributed by atoms with E-state index in [0.717, 1.165) is 11.3 Å². The first-order valence-corrected chi connectivity index (χ1v) is 14.3. The Morgan fingerprint density at radius 2 is 1.11 bits per heavy atom. The zero-order valence-corrected chi connectivity index (χ0v) is 30.7. The molecule has 238 valence electrons. The van der Waals surface area contributed by atoms with E-state index in [4.69, 9.17) is 24.1 Å². The Morgan fingerprint density at radius 3 is 1.44 bits per heavy atom. The van der Waals surface area contributed by atoms with Gasteiger partial charge in [-0.05, 0) is 0 Å². The minimum Gasteiger partial charge on any atom is -0.870 e. The van der Waals surface area contributed by atoms with Crippen LogP contribution in [-0.2, 0) is 14.3 Å². The molecule has 0 bridgehead atoms. The van der Waals surface area contributed by atoms with Crippen molar-refractivity contribution in [1.29, 1.82) is 0 Å². The molecule has 4 aromatic rings. The van der Waals surface area contributed by atoms with Crippen LogP contribution in [0.3, 0.4) is 0 Å². The van der Waals surface area contributed by atoms with Crippen molar-refractivity contribution < 1.29 is 105 Å². The molecule has 18 heteroatoms. The van der Waals surface area contributed by atoms with Gasteiger partial charge in [-0.25, -0.2) is 9.97 Å². The fourth-order valence-electron chi connectivity index (χ4n) is 3.59. The van der Waals surface area contributed by atoms with Gasteiger partial charge in [-0.3, -0.25) is 19.2 Å². The number of carbonyl (C=O) groups excluding carboxylic acids is 3. The van der Waals surface area contributed by atoms with Crippen molar-refractivity contribution in [3.8, 4) is 23.3 Å². The fraction of sp³-hybridized carbons (Fsp3) is 0.407. The molecule has 2 N–H and O–H groups in total. The number of carbonyl (C=O) groups is 4. The van der Waals surface area contributed by atoms with Gasteiger partial charge in [-0.2, -0.15) is 9.97 Å². The van der Waals surface area contributed by atoms with E-state index in [-0.39, 0.29) is 92.2 Å². The van der Waals surface area contributed by atoms with Gasteiger partial charge in [0, 0.05) is 25.0 Å². The first-order valence-electron chi connectivity index (χ1n) is 12.6. The minimum atomic E-state index is -1.01. The average molecular weight is 691 g/mol. The molecule has 4 aromatic heterocycles. The van der Waals surface area contributed by atoms with Crippen LogP contribution in [0.5, 0.6) is 23.3 Å². The van der Waals surface area contributed by atoms with Crippen molar-refractivity contribution in [2.75, 3.05) is 35.5 Å². The van der Waals surface area contributed by atoms with E-state index in [0.29, 0.717) is 43.1 Å². The van der Waals surface area contributed by atoms with Crippen LogP contribution in [0, 0.1) is 11.8 Å². The SMILES string of the molecule is COC(=O)[C@@H](C)CC(=O)c1nc2nc(OC)c(OC)cc2s1.COc1cc2sc(C(=O)C[C@H](C)C(=O)O)nc2nc1OC.[K+].[OH-]. The Bertz CT molecular complexity index is 1580. The Kier molecular flexibility index (Phi) is 16.4. The normalized spacial score (nSPS) is 11.5. The Morgan fingerprint density at radius 1 is 0.711 bits per heavy atom. The summed E-state index contributed by atoms with van der Waals surface area (Å²) in [5, 5.41) is 9.38. The Labute approximate surface area is 308 Å². The third-order valence-corrected chi connectivity index (χ3v) is 8.01. The number of rotatable bonds is 12. The topological polar surface area (TPSA) is 216 Å². The smallest absolute Gasteiger partial charge is 0.870 e. The van der Waals surface area contributed by atoms with Gasteiger partial charge in [0.2, 0.25) is 0 Å². The number of carboxylic acid groups (broad SMARTS) is 1. The quantitative estimate of drug-likeness (QED) is 0.124. The molecule has 0 saturated heterocycles. The number of carboxylic acids is 1. The summed E-state index contributed by atoms with van der Waals surface area (Å²) in [7, 11) is 7.24. The van der Waals surface area contributed by atoms with E-state index >= 15 is 0 Å². The van der Waals surface area contributed by atoms with Crippen LogP contribution >= 0.6 is 22.7 Å². The molecule has 4 rings (SSSR count). The van der Waals surface area contributed by atoms with Gasteiger partial charge in [0.05, 0.1) is 56.8 Å². The van der Waals surface area contributed by atoms with E-state index in [1.165, 1.54) is 53.8 Å². The van der Waals surface area contributed by atoms with Crippen LogP contribution in [0.15, 0.2) is 12.1 Å². The van der Waals surface area contributed by atoms with E-state index in [1.54, 1.807) is 19.1 Å². The van der Waals surface area contributed by atoms with Crippen LogP contribution in [0.1, 0.15) is 46.3 Å². The zero-order chi connectivity index (χ0) is 31.8. The summed E-state index contributed by atoms with van der Waals surface area (Å²) < 4.78 is 26.5. The maximum atomic E-state index is 12.2. The second-order valence-corrected chi connectivity index (χ2v) is 11.1. The van der Waals surface area contributed by atoms with E-state index < -0.39 is 23.8 Å². The first-order chi connectivity index (χ1) is 20.4. The van der Waals surface area contributed by atoms with E-state index in [2.05, 4.69) is 24.7 Å². The van der Waals surface area contributed by atoms with Crippen molar-refractivity contribution in [2.45, 2.75) is 26.7 Å². The number of pyridine rings is 2. The Hall–Kier alpha value is -2.84. The Balaban J connectivity index is 0.000000431. The maximum Gasteiger partial charge on any atom is 1.00 e. The third kappa shape index (κ3) is 10.1. The zero-order valence-electron chi connectivity index (χ0n) is 25.9. The molecule has 15 nitrogen and oxygen atoms in total. The maximum absolute atomic E-state index is 12.2. The van der Waals surface area contributed by atoms with Gasteiger partial charge in [0.1, 0.15) is 0 Å². The van der Waals surface area contributed by atoms with Crippen molar-refractivity contribution >= 4 is 66.9 Å². The number of nitrogens with zero attached hydrogens (tertiary/aromatic N) is 4. The molecule has 0 spiro atoms. The summed E-state index contributed by atoms with van der Waals surface area (Å²) in [4.78, 5) is 63.1. The number of hydrogen-bond donors (Lipinski definition) is 1. The fourth-order valence-corrected chi connectivity index (χ4v) is 5.36. The summed E-state index contributed by atoms with van der Waals surface area (Å²) in [6, 6.07) is 3.41. The predicted octanol–water partition coefficient (Wildman–Crippen LogP) is 0.920. The third-order valence-electron chi connectivity index (χ3n) is 5.94. The van der Waals surface area contributed by atoms with Crippen molar-refractivity contribution in [3.63, 3.8) is 0 Å². The van der Waals surface area contributed by atoms with Crippen molar-refractivity contribution in [2.24, 2.45) is 11.8 Å². The number of Topliss-reactive ketones (excluding diaryl/α,β-unsaturated/α-hetero) is 2. The molecule has 2 atom stereocenters. The molecule has 0 saturated carbocycles. The predicted molar refractivity (Wildman–Crippen MR) is 159 cm³/mol. The van der Waals surface area contributed by atoms with Crippen molar-refractivity contribution in [3.05, 3.63) is 22.1 Å². The van der Waals surface area contributed by atoms with Gasteiger partial charge in [0.15, 0.2) is 44.4 Å².